The second-order valence-corrected chi connectivity index (χ2v) is 10.3. The number of aromatic nitrogens is 1. The molecule has 3 N–H and O–H groups in total. The van der Waals surface area contributed by atoms with Gasteiger partial charge in [0.05, 0.1) is 6.61 Å². The fourth-order valence-electron chi connectivity index (χ4n) is 5.27. The molecule has 38 heavy (non-hydrogen) atoms. The van der Waals surface area contributed by atoms with Crippen molar-refractivity contribution in [2.75, 3.05) is 25.9 Å². The first kappa shape index (κ1) is 27.7. The third-order valence-electron chi connectivity index (χ3n) is 7.55. The monoisotopic (exact) mass is 519 g/mol. The van der Waals surface area contributed by atoms with Crippen molar-refractivity contribution in [3.8, 4) is 0 Å². The lowest BCUT2D eigenvalue weighted by Gasteiger charge is -2.24. The van der Waals surface area contributed by atoms with E-state index in [2.05, 4.69) is 17.2 Å². The fourth-order valence-corrected chi connectivity index (χ4v) is 5.27. The van der Waals surface area contributed by atoms with E-state index in [0.29, 0.717) is 12.4 Å². The summed E-state index contributed by atoms with van der Waals surface area (Å²) >= 11 is 0. The number of anilines is 1. The number of nitrogen functional groups attached to an aromatic ring is 1. The molecule has 2 heterocycles. The van der Waals surface area contributed by atoms with Crippen LogP contribution in [0.1, 0.15) is 72.2 Å². The van der Waals surface area contributed by atoms with Crippen molar-refractivity contribution < 1.29 is 23.9 Å². The molecule has 3 atom stereocenters. The van der Waals surface area contributed by atoms with Crippen LogP contribution in [0.5, 0.6) is 0 Å². The van der Waals surface area contributed by atoms with Crippen LogP contribution >= 0.6 is 0 Å². The normalized spacial score (nSPS) is 23.0. The lowest BCUT2D eigenvalue weighted by atomic mass is 9.72. The summed E-state index contributed by atoms with van der Waals surface area (Å²) in [5, 5.41) is 3.13. The van der Waals surface area contributed by atoms with Gasteiger partial charge in [-0.15, -0.1) is 0 Å². The lowest BCUT2D eigenvalue weighted by Crippen LogP contribution is -2.50. The Hall–Kier alpha value is -3.36. The van der Waals surface area contributed by atoms with Crippen LogP contribution in [0.15, 0.2) is 54.2 Å². The molecular weight excluding hydrogens is 482 g/mol. The van der Waals surface area contributed by atoms with E-state index in [9.17, 15) is 14.4 Å². The van der Waals surface area contributed by atoms with E-state index < -0.39 is 23.0 Å². The summed E-state index contributed by atoms with van der Waals surface area (Å²) in [6.07, 6.45) is 8.09. The van der Waals surface area contributed by atoms with Gasteiger partial charge in [0.2, 0.25) is 5.78 Å². The minimum Gasteiger partial charge on any atom is -0.463 e. The zero-order valence-electron chi connectivity index (χ0n) is 22.4. The van der Waals surface area contributed by atoms with Gasteiger partial charge in [0.15, 0.2) is 11.4 Å². The Balaban J connectivity index is 1.55. The van der Waals surface area contributed by atoms with Crippen molar-refractivity contribution in [2.24, 2.45) is 5.92 Å². The second-order valence-electron chi connectivity index (χ2n) is 10.3. The van der Waals surface area contributed by atoms with Gasteiger partial charge in [-0.2, -0.15) is 0 Å². The Kier molecular flexibility index (Phi) is 8.43. The number of ketones is 2. The summed E-state index contributed by atoms with van der Waals surface area (Å²) in [4.78, 5) is 44.9. The van der Waals surface area contributed by atoms with E-state index in [1.165, 1.54) is 0 Å². The molecule has 0 amide bonds. The van der Waals surface area contributed by atoms with Gasteiger partial charge in [-0.3, -0.25) is 9.59 Å². The van der Waals surface area contributed by atoms with E-state index in [4.69, 9.17) is 15.2 Å². The largest absolute Gasteiger partial charge is 0.463 e. The highest BCUT2D eigenvalue weighted by molar-refractivity contribution is 6.32. The van der Waals surface area contributed by atoms with Gasteiger partial charge >= 0.3 is 5.97 Å². The number of hydrogen-bond donors (Lipinski definition) is 2. The number of rotatable bonds is 13. The lowest BCUT2D eigenvalue weighted by molar-refractivity contribution is -0.149. The molecule has 1 fully saturated rings. The molecule has 1 saturated heterocycles. The van der Waals surface area contributed by atoms with Gasteiger partial charge in [-0.05, 0) is 50.9 Å². The molecule has 3 unspecified atom stereocenters. The van der Waals surface area contributed by atoms with Crippen molar-refractivity contribution in [3.63, 3.8) is 0 Å². The molecule has 8 nitrogen and oxygen atoms in total. The third-order valence-corrected chi connectivity index (χ3v) is 7.55. The number of nitrogens with zero attached hydrogens (tertiary/aromatic N) is 1. The number of aryl methyl sites for hydroxylation is 1. The van der Waals surface area contributed by atoms with Gasteiger partial charge in [0.1, 0.15) is 5.82 Å². The molecular formula is C30H37N3O5. The Morgan fingerprint density at radius 3 is 2.63 bits per heavy atom. The smallest absolute Gasteiger partial charge is 0.350 e. The topological polar surface area (TPSA) is 124 Å². The van der Waals surface area contributed by atoms with Crippen LogP contribution in [-0.2, 0) is 20.7 Å². The Labute approximate surface area is 224 Å². The first-order valence-electron chi connectivity index (χ1n) is 13.4. The minimum atomic E-state index is -1.94. The van der Waals surface area contributed by atoms with Crippen molar-refractivity contribution in [2.45, 2.75) is 63.6 Å². The molecule has 0 saturated carbocycles. The number of ether oxygens (including phenoxy) is 2. The highest BCUT2D eigenvalue weighted by Crippen LogP contribution is 2.58. The molecule has 1 aliphatic heterocycles. The molecule has 0 spiro atoms. The van der Waals surface area contributed by atoms with Crippen molar-refractivity contribution >= 4 is 23.4 Å². The van der Waals surface area contributed by atoms with Crippen LogP contribution in [0.25, 0.3) is 0 Å². The number of nitrogens with one attached hydrogen (secondary N) is 1. The minimum absolute atomic E-state index is 0.111. The Morgan fingerprint density at radius 2 is 1.95 bits per heavy atom. The number of carbonyl (C=O) groups excluding carboxylic acids is 3. The predicted molar refractivity (Wildman–Crippen MR) is 145 cm³/mol. The number of epoxide rings is 1. The summed E-state index contributed by atoms with van der Waals surface area (Å²) < 4.78 is 11.7. The zero-order valence-corrected chi connectivity index (χ0v) is 22.4. The first-order chi connectivity index (χ1) is 18.3. The van der Waals surface area contributed by atoms with Gasteiger partial charge in [-0.1, -0.05) is 55.7 Å². The van der Waals surface area contributed by atoms with Crippen LogP contribution in [0.4, 0.5) is 5.82 Å². The number of unbranched alkanes of at least 4 members (excludes halogenated alkanes) is 1. The molecule has 1 aromatic heterocycles. The van der Waals surface area contributed by atoms with Crippen molar-refractivity contribution in [1.82, 2.24) is 10.3 Å². The predicted octanol–water partition coefficient (Wildman–Crippen LogP) is 4.09. The zero-order chi connectivity index (χ0) is 27.3. The van der Waals surface area contributed by atoms with Crippen molar-refractivity contribution in [3.05, 3.63) is 70.9 Å². The van der Waals surface area contributed by atoms with Crippen LogP contribution < -0.4 is 11.1 Å². The number of allylic oxidation sites excluding steroid dienone is 1. The number of hydrogen-bond acceptors (Lipinski definition) is 8. The Bertz CT molecular complexity index is 1240. The molecule has 8 heteroatoms. The third kappa shape index (κ3) is 5.15. The Morgan fingerprint density at radius 1 is 1.21 bits per heavy atom. The van der Waals surface area contributed by atoms with Gasteiger partial charge in [-0.25, -0.2) is 9.78 Å². The van der Waals surface area contributed by atoms with Gasteiger partial charge < -0.3 is 20.5 Å². The van der Waals surface area contributed by atoms with Gasteiger partial charge in [0, 0.05) is 36.2 Å². The van der Waals surface area contributed by atoms with Crippen LogP contribution in [0.2, 0.25) is 0 Å². The molecule has 0 radical (unpaired) electrons. The molecule has 4 rings (SSSR count). The van der Waals surface area contributed by atoms with E-state index in [1.54, 1.807) is 30.5 Å². The van der Waals surface area contributed by atoms with Crippen LogP contribution in [-0.4, -0.2) is 53.9 Å². The number of pyridine rings is 1. The number of nitrogens with two attached hydrogens (primary N) is 1. The second kappa shape index (κ2) is 11.6. The summed E-state index contributed by atoms with van der Waals surface area (Å²) in [5.74, 6) is -1.06. The van der Waals surface area contributed by atoms with Crippen LogP contribution in [0, 0.1) is 5.92 Å². The standard InChI is InChI=1S/C30H37N3O5/c1-4-5-8-22(18-32-3)19-37-28(36)30-27(35)24-10-7-6-9-23(24)26(34)29(30,38-30)15-13-20(2)11-12-21-14-16-33-25(31)17-21/h6-7,9-10,13-14,16-17,22,32H,4-5,8,11-12,15,18-19H2,1-3H3,(H2,31,33). The summed E-state index contributed by atoms with van der Waals surface area (Å²) in [5.41, 5.74) is 4.82. The number of benzene rings is 1. The summed E-state index contributed by atoms with van der Waals surface area (Å²) in [6, 6.07) is 10.3. The molecule has 202 valence electrons. The van der Waals surface area contributed by atoms with E-state index >= 15 is 0 Å². The summed E-state index contributed by atoms with van der Waals surface area (Å²) in [6.45, 7) is 4.92. The maximum Gasteiger partial charge on any atom is 0.350 e. The number of esters is 1. The first-order valence-corrected chi connectivity index (χ1v) is 13.4. The maximum atomic E-state index is 13.7. The highest BCUT2D eigenvalue weighted by atomic mass is 16.7. The average molecular weight is 520 g/mol. The summed E-state index contributed by atoms with van der Waals surface area (Å²) in [7, 11) is 1.85. The van der Waals surface area contributed by atoms with E-state index in [0.717, 1.165) is 43.2 Å². The fraction of sp³-hybridized carbons (Fsp3) is 0.467. The van der Waals surface area contributed by atoms with Crippen molar-refractivity contribution in [1.29, 1.82) is 0 Å². The SMILES string of the molecule is CCCCC(CNC)COC(=O)C12OC1(CC=C(C)CCc1ccnc(N)c1)C(=O)c1ccccc1C2=O. The highest BCUT2D eigenvalue weighted by Gasteiger charge is 2.85. The molecule has 1 aromatic carbocycles. The molecule has 2 aliphatic rings. The average Bonchev–Trinajstić information content (AvgIpc) is 3.63. The van der Waals surface area contributed by atoms with Gasteiger partial charge in [0.25, 0.3) is 5.60 Å². The molecule has 2 aromatic rings. The van der Waals surface area contributed by atoms with E-state index in [1.807, 2.05) is 32.2 Å². The molecule has 0 bridgehead atoms. The van der Waals surface area contributed by atoms with Crippen LogP contribution in [0.3, 0.4) is 0 Å². The number of Topliss-reactive ketones (excluding diaryl/α,β-unsaturated/α-hetero) is 2. The quantitative estimate of drug-likeness (QED) is 0.176. The maximum absolute atomic E-state index is 13.7. The van der Waals surface area contributed by atoms with E-state index in [-0.39, 0.29) is 35.9 Å². The molecule has 1 aliphatic carbocycles. The number of carbonyl (C=O) groups is 3. The number of fused-ring (bicyclic) bond motifs is 2.